The Labute approximate surface area is 102 Å². The van der Waals surface area contributed by atoms with Gasteiger partial charge in [0.15, 0.2) is 5.76 Å². The molecule has 1 aliphatic rings. The molecule has 0 saturated heterocycles. The Hall–Kier alpha value is -1.64. The SMILES string of the molecule is CCCCCC(C1=COC=CO1)n1cccc1. The number of aromatic nitrogens is 1. The predicted octanol–water partition coefficient (Wildman–Crippen LogP) is 3.97. The van der Waals surface area contributed by atoms with Crippen LogP contribution in [-0.4, -0.2) is 4.57 Å². The van der Waals surface area contributed by atoms with Crippen LogP contribution in [0.1, 0.15) is 38.6 Å². The molecule has 0 bridgehead atoms. The van der Waals surface area contributed by atoms with Crippen molar-refractivity contribution in [3.8, 4) is 0 Å². The third kappa shape index (κ3) is 3.16. The molecule has 3 heteroatoms. The summed E-state index contributed by atoms with van der Waals surface area (Å²) in [4.78, 5) is 0. The monoisotopic (exact) mass is 233 g/mol. The van der Waals surface area contributed by atoms with Crippen LogP contribution in [0.2, 0.25) is 0 Å². The maximum absolute atomic E-state index is 5.53. The average Bonchev–Trinajstić information content (AvgIpc) is 2.89. The Balaban J connectivity index is 2.04. The van der Waals surface area contributed by atoms with Crippen molar-refractivity contribution >= 4 is 0 Å². The van der Waals surface area contributed by atoms with Gasteiger partial charge in [-0.05, 0) is 18.6 Å². The van der Waals surface area contributed by atoms with Crippen molar-refractivity contribution in [1.29, 1.82) is 0 Å². The lowest BCUT2D eigenvalue weighted by Gasteiger charge is -2.22. The summed E-state index contributed by atoms with van der Waals surface area (Å²) in [5, 5.41) is 0. The van der Waals surface area contributed by atoms with Crippen LogP contribution in [0.25, 0.3) is 0 Å². The van der Waals surface area contributed by atoms with Crippen molar-refractivity contribution in [3.05, 3.63) is 49.1 Å². The van der Waals surface area contributed by atoms with Crippen LogP contribution in [0.4, 0.5) is 0 Å². The summed E-state index contributed by atoms with van der Waals surface area (Å²) in [5.74, 6) is 0.875. The second-order valence-corrected chi connectivity index (χ2v) is 4.19. The van der Waals surface area contributed by atoms with E-state index in [0.717, 1.165) is 12.2 Å². The number of hydrogen-bond acceptors (Lipinski definition) is 2. The van der Waals surface area contributed by atoms with Gasteiger partial charge in [0.25, 0.3) is 0 Å². The molecule has 0 N–H and O–H groups in total. The van der Waals surface area contributed by atoms with E-state index >= 15 is 0 Å². The topological polar surface area (TPSA) is 23.4 Å². The molecular weight excluding hydrogens is 214 g/mol. The van der Waals surface area contributed by atoms with Crippen molar-refractivity contribution in [2.75, 3.05) is 0 Å². The fourth-order valence-corrected chi connectivity index (χ4v) is 2.01. The highest BCUT2D eigenvalue weighted by atomic mass is 16.5. The molecule has 1 aromatic rings. The minimum absolute atomic E-state index is 0.237. The van der Waals surface area contributed by atoms with Crippen LogP contribution < -0.4 is 0 Å². The number of rotatable bonds is 6. The van der Waals surface area contributed by atoms with Crippen LogP contribution in [-0.2, 0) is 9.47 Å². The number of ether oxygens (including phenoxy) is 2. The molecule has 0 amide bonds. The van der Waals surface area contributed by atoms with Gasteiger partial charge in [-0.2, -0.15) is 0 Å². The number of unbranched alkanes of at least 4 members (excludes halogenated alkanes) is 2. The minimum Gasteiger partial charge on any atom is -0.466 e. The first kappa shape index (κ1) is 11.8. The highest BCUT2D eigenvalue weighted by Gasteiger charge is 2.18. The summed E-state index contributed by atoms with van der Waals surface area (Å²) in [6.45, 7) is 2.22. The molecule has 2 heterocycles. The maximum Gasteiger partial charge on any atom is 0.161 e. The second kappa shape index (κ2) is 6.18. The lowest BCUT2D eigenvalue weighted by molar-refractivity contribution is 0.213. The minimum atomic E-state index is 0.237. The highest BCUT2D eigenvalue weighted by molar-refractivity contribution is 5.06. The highest BCUT2D eigenvalue weighted by Crippen LogP contribution is 2.27. The van der Waals surface area contributed by atoms with Gasteiger partial charge in [-0.1, -0.05) is 26.2 Å². The van der Waals surface area contributed by atoms with E-state index in [1.165, 1.54) is 19.3 Å². The molecule has 17 heavy (non-hydrogen) atoms. The van der Waals surface area contributed by atoms with E-state index in [1.54, 1.807) is 18.8 Å². The zero-order chi connectivity index (χ0) is 11.9. The summed E-state index contributed by atoms with van der Waals surface area (Å²) in [7, 11) is 0. The molecule has 0 aliphatic carbocycles. The summed E-state index contributed by atoms with van der Waals surface area (Å²) in [6.07, 6.45) is 13.7. The lowest BCUT2D eigenvalue weighted by Crippen LogP contribution is -2.12. The predicted molar refractivity (Wildman–Crippen MR) is 67.0 cm³/mol. The Kier molecular flexibility index (Phi) is 4.30. The van der Waals surface area contributed by atoms with E-state index in [1.807, 2.05) is 12.1 Å². The molecule has 1 atom stereocenters. The standard InChI is InChI=1S/C14H19NO2/c1-2-3-4-7-13(15-8-5-6-9-15)14-12-16-10-11-17-14/h5-6,8-13H,2-4,7H2,1H3. The van der Waals surface area contributed by atoms with Crippen LogP contribution in [0.3, 0.4) is 0 Å². The molecular formula is C14H19NO2. The van der Waals surface area contributed by atoms with Gasteiger partial charge in [-0.25, -0.2) is 0 Å². The van der Waals surface area contributed by atoms with Crippen molar-refractivity contribution < 1.29 is 9.47 Å². The van der Waals surface area contributed by atoms with Crippen molar-refractivity contribution in [2.24, 2.45) is 0 Å². The van der Waals surface area contributed by atoms with Gasteiger partial charge in [-0.3, -0.25) is 0 Å². The van der Waals surface area contributed by atoms with Crippen LogP contribution in [0.5, 0.6) is 0 Å². The van der Waals surface area contributed by atoms with Crippen molar-refractivity contribution in [2.45, 2.75) is 38.6 Å². The third-order valence-corrected chi connectivity index (χ3v) is 2.92. The molecule has 0 radical (unpaired) electrons. The fraction of sp³-hybridized carbons (Fsp3) is 0.429. The van der Waals surface area contributed by atoms with Gasteiger partial charge >= 0.3 is 0 Å². The second-order valence-electron chi connectivity index (χ2n) is 4.19. The molecule has 0 spiro atoms. The van der Waals surface area contributed by atoms with E-state index in [-0.39, 0.29) is 6.04 Å². The normalized spacial score (nSPS) is 15.9. The zero-order valence-corrected chi connectivity index (χ0v) is 10.2. The van der Waals surface area contributed by atoms with E-state index in [2.05, 4.69) is 23.9 Å². The van der Waals surface area contributed by atoms with Gasteiger partial charge in [0, 0.05) is 12.4 Å². The Morgan fingerprint density at radius 3 is 2.65 bits per heavy atom. The Bertz CT molecular complexity index is 379. The summed E-state index contributed by atoms with van der Waals surface area (Å²) in [5.41, 5.74) is 0. The van der Waals surface area contributed by atoms with Gasteiger partial charge in [0.2, 0.25) is 0 Å². The number of hydrogen-bond donors (Lipinski definition) is 0. The smallest absolute Gasteiger partial charge is 0.161 e. The molecule has 1 unspecified atom stereocenters. The van der Waals surface area contributed by atoms with Gasteiger partial charge in [-0.15, -0.1) is 0 Å². The molecule has 92 valence electrons. The zero-order valence-electron chi connectivity index (χ0n) is 10.2. The van der Waals surface area contributed by atoms with Crippen molar-refractivity contribution in [3.63, 3.8) is 0 Å². The van der Waals surface area contributed by atoms with Gasteiger partial charge in [0.05, 0.1) is 6.04 Å². The molecule has 2 rings (SSSR count). The largest absolute Gasteiger partial charge is 0.466 e. The molecule has 0 fully saturated rings. The van der Waals surface area contributed by atoms with E-state index in [0.29, 0.717) is 0 Å². The van der Waals surface area contributed by atoms with Crippen LogP contribution in [0.15, 0.2) is 49.1 Å². The van der Waals surface area contributed by atoms with E-state index in [9.17, 15) is 0 Å². The number of allylic oxidation sites excluding steroid dienone is 1. The first-order chi connectivity index (χ1) is 8.42. The van der Waals surface area contributed by atoms with Gasteiger partial charge in [0.1, 0.15) is 18.8 Å². The maximum atomic E-state index is 5.53. The summed E-state index contributed by atoms with van der Waals surface area (Å²) >= 11 is 0. The molecule has 1 aromatic heterocycles. The average molecular weight is 233 g/mol. The molecule has 0 aromatic carbocycles. The Morgan fingerprint density at radius 2 is 2.00 bits per heavy atom. The first-order valence-electron chi connectivity index (χ1n) is 6.21. The lowest BCUT2D eigenvalue weighted by atomic mass is 10.1. The third-order valence-electron chi connectivity index (χ3n) is 2.92. The molecule has 3 nitrogen and oxygen atoms in total. The fourth-order valence-electron chi connectivity index (χ4n) is 2.01. The Morgan fingerprint density at radius 1 is 1.18 bits per heavy atom. The van der Waals surface area contributed by atoms with Crippen LogP contribution >= 0.6 is 0 Å². The van der Waals surface area contributed by atoms with Crippen molar-refractivity contribution in [1.82, 2.24) is 4.57 Å². The van der Waals surface area contributed by atoms with Gasteiger partial charge < -0.3 is 14.0 Å². The molecule has 0 saturated carbocycles. The first-order valence-corrected chi connectivity index (χ1v) is 6.21. The quantitative estimate of drug-likeness (QED) is 0.694. The van der Waals surface area contributed by atoms with E-state index < -0.39 is 0 Å². The van der Waals surface area contributed by atoms with Crippen LogP contribution in [0, 0.1) is 0 Å². The summed E-state index contributed by atoms with van der Waals surface area (Å²) < 4.78 is 12.9. The summed E-state index contributed by atoms with van der Waals surface area (Å²) in [6, 6.07) is 4.31. The van der Waals surface area contributed by atoms with E-state index in [4.69, 9.17) is 9.47 Å². The number of nitrogens with zero attached hydrogens (tertiary/aromatic N) is 1. The molecule has 1 aliphatic heterocycles.